The number of aromatic nitrogens is 3. The lowest BCUT2D eigenvalue weighted by Gasteiger charge is -2.32. The number of benzene rings is 4. The average molecular weight is 1180 g/mol. The topological polar surface area (TPSA) is 348 Å². The molecule has 0 radical (unpaired) electrons. The van der Waals surface area contributed by atoms with Crippen molar-refractivity contribution >= 4 is 71.4 Å². The van der Waals surface area contributed by atoms with Crippen molar-refractivity contribution in [3.8, 4) is 23.0 Å². The van der Waals surface area contributed by atoms with Gasteiger partial charge in [-0.25, -0.2) is 19.1 Å². The van der Waals surface area contributed by atoms with Gasteiger partial charge in [0.05, 0.1) is 23.3 Å². The quantitative estimate of drug-likeness (QED) is 0.0184. The van der Waals surface area contributed by atoms with Gasteiger partial charge in [0, 0.05) is 40.3 Å². The van der Waals surface area contributed by atoms with Gasteiger partial charge in [0.25, 0.3) is 0 Å². The van der Waals surface area contributed by atoms with E-state index in [0.717, 1.165) is 32.4 Å². The highest BCUT2D eigenvalue weighted by Gasteiger charge is 2.46. The third kappa shape index (κ3) is 19.5. The Morgan fingerprint density at radius 2 is 0.800 bits per heavy atom. The van der Waals surface area contributed by atoms with Crippen molar-refractivity contribution in [2.45, 2.75) is 80.7 Å². The van der Waals surface area contributed by atoms with Crippen LogP contribution in [0, 0.1) is 16.2 Å². The van der Waals surface area contributed by atoms with Crippen molar-refractivity contribution in [2.24, 2.45) is 16.2 Å². The Labute approximate surface area is 485 Å². The lowest BCUT2D eigenvalue weighted by molar-refractivity contribution is -0.178. The van der Waals surface area contributed by atoms with E-state index >= 15 is 0 Å². The van der Waals surface area contributed by atoms with Crippen LogP contribution < -0.4 is 18.9 Å². The maximum absolute atomic E-state index is 14.6. The normalized spacial score (nSPS) is 12.3. The number of ketones is 1. The fourth-order valence-corrected chi connectivity index (χ4v) is 7.62. The first-order valence-electron chi connectivity index (χ1n) is 26.0. The van der Waals surface area contributed by atoms with Crippen LogP contribution in [0.5, 0.6) is 23.0 Å². The first kappa shape index (κ1) is 65.7. The third-order valence-corrected chi connectivity index (χ3v) is 12.2. The van der Waals surface area contributed by atoms with E-state index in [9.17, 15) is 57.5 Å². The molecule has 0 spiro atoms. The molecule has 1 heterocycles. The van der Waals surface area contributed by atoms with Gasteiger partial charge in [0.2, 0.25) is 0 Å². The van der Waals surface area contributed by atoms with E-state index in [1.807, 2.05) is 0 Å². The first-order chi connectivity index (χ1) is 40.2. The molecule has 1 aromatic heterocycles. The third-order valence-electron chi connectivity index (χ3n) is 12.2. The van der Waals surface area contributed by atoms with Crippen molar-refractivity contribution < 1.29 is 110 Å². The minimum absolute atomic E-state index is 0.0297. The van der Waals surface area contributed by atoms with Crippen LogP contribution in [0.2, 0.25) is 0 Å². The van der Waals surface area contributed by atoms with Crippen LogP contribution in [0.3, 0.4) is 0 Å². The summed E-state index contributed by atoms with van der Waals surface area (Å²) in [5.41, 5.74) is -6.65. The summed E-state index contributed by atoms with van der Waals surface area (Å²) in [5.74, 6) is -12.3. The number of nitrogens with zero attached hydrogens (tertiary/aromatic N) is 3. The summed E-state index contributed by atoms with van der Waals surface area (Å²) in [7, 11) is 0. The molecule has 5 aromatic rings. The maximum Gasteiger partial charge on any atom is 0.341 e. The molecule has 450 valence electrons. The summed E-state index contributed by atoms with van der Waals surface area (Å²) < 4.78 is 55.7. The maximum atomic E-state index is 14.6. The number of carbonyl (C=O) groups excluding carboxylic acids is 11. The van der Waals surface area contributed by atoms with E-state index in [4.69, 9.17) is 52.5 Å². The smallest absolute Gasteiger partial charge is 0.341 e. The molecule has 0 aliphatic carbocycles. The number of Topliss-reactive ketones (excluding diaryl/α,β-unsaturated/α-hetero) is 1. The van der Waals surface area contributed by atoms with Gasteiger partial charge in [0.15, 0.2) is 5.78 Å². The molecule has 0 bridgehead atoms. The Bertz CT molecular complexity index is 3000. The van der Waals surface area contributed by atoms with Gasteiger partial charge in [-0.1, -0.05) is 53.7 Å². The summed E-state index contributed by atoms with van der Waals surface area (Å²) in [5, 5.41) is 16.8. The zero-order valence-electron chi connectivity index (χ0n) is 47.4. The van der Waals surface area contributed by atoms with Crippen molar-refractivity contribution in [2.75, 3.05) is 39.6 Å². The highest BCUT2D eigenvalue weighted by molar-refractivity contribution is 6.00. The molecular formula is C59H61N3O23. The standard InChI is InChI=1S/C59H61N3O23/c1-36(63)82-46-22-12-8-18-41(46)45(67)26-27-57(5,31-77-51(70)42-19-9-13-23-47(42)83-37(2)64)54(73)80-34-59(7,55(74)76-28-16-17-40-29-62(61-60-40)30-50(68)69)35-81-56(75)58(6,32-78-52(71)43-20-10-14-24-48(43)84-38(3)65)33-79-53(72)44-21-11-15-25-49(44)85-39(4)66/h8-15,18-25,29H,16-17,26-28,30-35H2,1-7H3,(H,68,69). The SMILES string of the molecule is CC(=O)Oc1ccccc1C(=O)CCC(C)(COC(=O)c1ccccc1OC(C)=O)C(=O)OCC(C)(COC(=O)C(C)(COC(=O)c1ccccc1OC(C)=O)COC(=O)c1ccccc1OC(C)=O)C(=O)OCCCc1cn(CC(=O)O)nn1. The van der Waals surface area contributed by atoms with Gasteiger partial charge < -0.3 is 52.5 Å². The minimum Gasteiger partial charge on any atom is -0.480 e. The zero-order valence-corrected chi connectivity index (χ0v) is 47.4. The Kier molecular flexibility index (Phi) is 23.4. The Balaban J connectivity index is 1.46. The van der Waals surface area contributed by atoms with E-state index in [1.54, 1.807) is 0 Å². The fraction of sp³-hybridized carbons (Fsp3) is 0.356. The Morgan fingerprint density at radius 1 is 0.459 bits per heavy atom. The monoisotopic (exact) mass is 1180 g/mol. The molecule has 2 atom stereocenters. The molecule has 26 heteroatoms. The van der Waals surface area contributed by atoms with Gasteiger partial charge in [-0.2, -0.15) is 0 Å². The van der Waals surface area contributed by atoms with E-state index in [0.29, 0.717) is 5.69 Å². The summed E-state index contributed by atoms with van der Waals surface area (Å²) in [6, 6.07) is 22.3. The zero-order chi connectivity index (χ0) is 62.5. The van der Waals surface area contributed by atoms with Crippen molar-refractivity contribution in [3.05, 3.63) is 131 Å². The second-order valence-electron chi connectivity index (χ2n) is 19.9. The van der Waals surface area contributed by atoms with Crippen LogP contribution in [-0.4, -0.2) is 131 Å². The molecule has 0 fully saturated rings. The van der Waals surface area contributed by atoms with E-state index < -0.39 is 140 Å². The second kappa shape index (κ2) is 30.2. The minimum atomic E-state index is -2.16. The number of para-hydroxylation sites is 4. The summed E-state index contributed by atoms with van der Waals surface area (Å²) in [6.45, 7) is 2.75. The van der Waals surface area contributed by atoms with E-state index in [2.05, 4.69) is 10.3 Å². The largest absolute Gasteiger partial charge is 0.480 e. The number of esters is 10. The number of hydrogen-bond acceptors (Lipinski definition) is 24. The highest BCUT2D eigenvalue weighted by atomic mass is 16.6. The van der Waals surface area contributed by atoms with Crippen LogP contribution in [0.15, 0.2) is 103 Å². The number of rotatable bonds is 30. The molecule has 0 aliphatic rings. The van der Waals surface area contributed by atoms with Crippen LogP contribution in [0.1, 0.15) is 115 Å². The number of carboxylic acid groups (broad SMARTS) is 1. The molecule has 0 saturated heterocycles. The van der Waals surface area contributed by atoms with Crippen LogP contribution in [0.25, 0.3) is 0 Å². The summed E-state index contributed by atoms with van der Waals surface area (Å²) in [4.78, 5) is 157. The van der Waals surface area contributed by atoms with Gasteiger partial charge >= 0.3 is 65.7 Å². The Hall–Kier alpha value is -10.1. The molecule has 0 aliphatic heterocycles. The van der Waals surface area contributed by atoms with Gasteiger partial charge in [-0.15, -0.1) is 5.10 Å². The van der Waals surface area contributed by atoms with Gasteiger partial charge in [0.1, 0.15) is 90.1 Å². The molecule has 85 heavy (non-hydrogen) atoms. The van der Waals surface area contributed by atoms with Gasteiger partial charge in [-0.3, -0.25) is 43.2 Å². The fourth-order valence-electron chi connectivity index (χ4n) is 7.62. The number of carbonyl (C=O) groups is 12. The molecule has 1 N–H and O–H groups in total. The predicted octanol–water partition coefficient (Wildman–Crippen LogP) is 5.88. The first-order valence-corrected chi connectivity index (χ1v) is 26.0. The molecule has 0 amide bonds. The molecule has 26 nitrogen and oxygen atoms in total. The number of aryl methyl sites for hydroxylation is 1. The van der Waals surface area contributed by atoms with Crippen molar-refractivity contribution in [1.82, 2.24) is 15.0 Å². The molecule has 2 unspecified atom stereocenters. The molecular weight excluding hydrogens is 1120 g/mol. The number of carboxylic acids is 1. The highest BCUT2D eigenvalue weighted by Crippen LogP contribution is 2.33. The number of ether oxygens (including phenoxy) is 10. The van der Waals surface area contributed by atoms with Crippen molar-refractivity contribution in [1.29, 1.82) is 0 Å². The van der Waals surface area contributed by atoms with Crippen LogP contribution in [0.4, 0.5) is 0 Å². The van der Waals surface area contributed by atoms with E-state index in [-0.39, 0.29) is 64.7 Å². The van der Waals surface area contributed by atoms with E-state index in [1.165, 1.54) is 124 Å². The number of hydrogen-bond donors (Lipinski definition) is 1. The summed E-state index contributed by atoms with van der Waals surface area (Å²) >= 11 is 0. The summed E-state index contributed by atoms with van der Waals surface area (Å²) in [6.07, 6.45) is 0.720. The van der Waals surface area contributed by atoms with Crippen molar-refractivity contribution in [3.63, 3.8) is 0 Å². The second-order valence-corrected chi connectivity index (χ2v) is 19.9. The molecule has 4 aromatic carbocycles. The average Bonchev–Trinajstić information content (AvgIpc) is 4.08. The lowest BCUT2D eigenvalue weighted by Crippen LogP contribution is -2.46. The lowest BCUT2D eigenvalue weighted by atomic mass is 9.84. The molecule has 5 rings (SSSR count). The van der Waals surface area contributed by atoms with Crippen LogP contribution in [-0.2, 0) is 79.7 Å². The van der Waals surface area contributed by atoms with Crippen LogP contribution >= 0.6 is 0 Å². The number of aliphatic carboxylic acids is 1. The Morgan fingerprint density at radius 3 is 1.20 bits per heavy atom. The molecule has 0 saturated carbocycles. The van der Waals surface area contributed by atoms with Gasteiger partial charge in [-0.05, 0) is 88.6 Å². The predicted molar refractivity (Wildman–Crippen MR) is 289 cm³/mol.